The highest BCUT2D eigenvalue weighted by Crippen LogP contribution is 2.29. The fourth-order valence-electron chi connectivity index (χ4n) is 2.95. The Morgan fingerprint density at radius 2 is 1.93 bits per heavy atom. The first kappa shape index (κ1) is 21.3. The molecule has 28 heavy (non-hydrogen) atoms. The number of methoxy groups -OCH3 is 2. The van der Waals surface area contributed by atoms with E-state index in [0.717, 1.165) is 22.5 Å². The van der Waals surface area contributed by atoms with E-state index in [9.17, 15) is 9.59 Å². The summed E-state index contributed by atoms with van der Waals surface area (Å²) in [6.45, 7) is 5.19. The third kappa shape index (κ3) is 5.03. The topological polar surface area (TPSA) is 91.7 Å². The molecule has 1 amide bonds. The summed E-state index contributed by atoms with van der Waals surface area (Å²) in [5, 5.41) is 7.07. The van der Waals surface area contributed by atoms with E-state index in [1.165, 1.54) is 0 Å². The van der Waals surface area contributed by atoms with Crippen molar-refractivity contribution >= 4 is 11.9 Å². The molecule has 2 rings (SSSR count). The second kappa shape index (κ2) is 9.25. The fraction of sp³-hybridized carbons (Fsp3) is 0.450. The largest absolute Gasteiger partial charge is 0.497 e. The number of esters is 1. The number of hydrogen-bond donors (Lipinski definition) is 1. The molecule has 1 N–H and O–H groups in total. The van der Waals surface area contributed by atoms with Crippen LogP contribution in [0.5, 0.6) is 11.5 Å². The van der Waals surface area contributed by atoms with Gasteiger partial charge in [0.2, 0.25) is 0 Å². The summed E-state index contributed by atoms with van der Waals surface area (Å²) in [4.78, 5) is 24.3. The molecule has 8 nitrogen and oxygen atoms in total. The molecule has 1 atom stereocenters. The minimum Gasteiger partial charge on any atom is -0.497 e. The molecule has 8 heteroatoms. The van der Waals surface area contributed by atoms with Gasteiger partial charge in [-0.1, -0.05) is 0 Å². The second-order valence-electron chi connectivity index (χ2n) is 6.51. The van der Waals surface area contributed by atoms with Crippen LogP contribution < -0.4 is 14.8 Å². The normalized spacial score (nSPS) is 11.6. The van der Waals surface area contributed by atoms with Gasteiger partial charge < -0.3 is 19.5 Å². The molecule has 1 unspecified atom stereocenters. The first-order valence-electron chi connectivity index (χ1n) is 8.92. The zero-order valence-electron chi connectivity index (χ0n) is 17.2. The highest BCUT2D eigenvalue weighted by atomic mass is 16.5. The van der Waals surface area contributed by atoms with Crippen LogP contribution in [-0.2, 0) is 27.8 Å². The van der Waals surface area contributed by atoms with Crippen molar-refractivity contribution in [1.29, 1.82) is 0 Å². The molecule has 0 radical (unpaired) electrons. The highest BCUT2D eigenvalue weighted by molar-refractivity contribution is 5.81. The molecule has 0 aliphatic heterocycles. The number of benzene rings is 1. The van der Waals surface area contributed by atoms with Crippen molar-refractivity contribution in [3.8, 4) is 11.5 Å². The quantitative estimate of drug-likeness (QED) is 0.695. The van der Waals surface area contributed by atoms with E-state index in [1.54, 1.807) is 37.1 Å². The van der Waals surface area contributed by atoms with Crippen LogP contribution in [0.15, 0.2) is 18.2 Å². The van der Waals surface area contributed by atoms with Crippen LogP contribution in [-0.4, -0.2) is 42.5 Å². The van der Waals surface area contributed by atoms with E-state index in [-0.39, 0.29) is 19.1 Å². The molecule has 0 spiro atoms. The lowest BCUT2D eigenvalue weighted by Crippen LogP contribution is -2.31. The predicted molar refractivity (Wildman–Crippen MR) is 103 cm³/mol. The average molecular weight is 389 g/mol. The standard InChI is InChI=1S/C20H27N3O5/c1-12(17-9-15(26-5)7-8-18(17)27-6)21-19(24)11-28-20(25)10-16-13(2)22-23(4)14(16)3/h7-9,12H,10-11H2,1-6H3,(H,21,24). The van der Waals surface area contributed by atoms with Gasteiger partial charge in [0.05, 0.1) is 32.4 Å². The third-order valence-corrected chi connectivity index (χ3v) is 4.63. The van der Waals surface area contributed by atoms with Gasteiger partial charge in [0.25, 0.3) is 5.91 Å². The van der Waals surface area contributed by atoms with Gasteiger partial charge in [-0.2, -0.15) is 5.10 Å². The molecule has 2 aromatic rings. The highest BCUT2D eigenvalue weighted by Gasteiger charge is 2.18. The number of amides is 1. The smallest absolute Gasteiger partial charge is 0.310 e. The van der Waals surface area contributed by atoms with Crippen molar-refractivity contribution in [3.05, 3.63) is 40.7 Å². The number of nitrogens with one attached hydrogen (secondary N) is 1. The summed E-state index contributed by atoms with van der Waals surface area (Å²) < 4.78 is 17.4. The van der Waals surface area contributed by atoms with Gasteiger partial charge in [0.15, 0.2) is 6.61 Å². The van der Waals surface area contributed by atoms with Crippen LogP contribution in [0.2, 0.25) is 0 Å². The molecule has 0 saturated carbocycles. The van der Waals surface area contributed by atoms with E-state index in [1.807, 2.05) is 27.8 Å². The van der Waals surface area contributed by atoms with E-state index >= 15 is 0 Å². The molecular weight excluding hydrogens is 362 g/mol. The second-order valence-corrected chi connectivity index (χ2v) is 6.51. The maximum Gasteiger partial charge on any atom is 0.310 e. The molecule has 1 aromatic heterocycles. The van der Waals surface area contributed by atoms with Crippen LogP contribution in [0, 0.1) is 13.8 Å². The number of aromatic nitrogens is 2. The lowest BCUT2D eigenvalue weighted by Gasteiger charge is -2.18. The van der Waals surface area contributed by atoms with Crippen LogP contribution in [0.1, 0.15) is 35.5 Å². The summed E-state index contributed by atoms with van der Waals surface area (Å²) in [7, 11) is 4.95. The summed E-state index contributed by atoms with van der Waals surface area (Å²) in [5.74, 6) is 0.421. The number of hydrogen-bond acceptors (Lipinski definition) is 6. The molecule has 152 valence electrons. The summed E-state index contributed by atoms with van der Waals surface area (Å²) >= 11 is 0. The van der Waals surface area contributed by atoms with Crippen molar-refractivity contribution < 1.29 is 23.8 Å². The van der Waals surface area contributed by atoms with Crippen molar-refractivity contribution in [1.82, 2.24) is 15.1 Å². The van der Waals surface area contributed by atoms with Gasteiger partial charge in [-0.15, -0.1) is 0 Å². The molecule has 1 aromatic carbocycles. The Morgan fingerprint density at radius 1 is 1.21 bits per heavy atom. The van der Waals surface area contributed by atoms with Crippen molar-refractivity contribution in [2.75, 3.05) is 20.8 Å². The number of rotatable bonds is 8. The van der Waals surface area contributed by atoms with Gasteiger partial charge >= 0.3 is 5.97 Å². The van der Waals surface area contributed by atoms with E-state index in [2.05, 4.69) is 10.4 Å². The Hall–Kier alpha value is -3.03. The Morgan fingerprint density at radius 3 is 2.50 bits per heavy atom. The molecule has 0 bridgehead atoms. The number of nitrogens with zero attached hydrogens (tertiary/aromatic N) is 2. The third-order valence-electron chi connectivity index (χ3n) is 4.63. The molecule has 0 fully saturated rings. The molecule has 0 aliphatic rings. The predicted octanol–water partition coefficient (Wildman–Crippen LogP) is 2.02. The number of carbonyl (C=O) groups is 2. The SMILES string of the molecule is COc1ccc(OC)c(C(C)NC(=O)COC(=O)Cc2c(C)nn(C)c2C)c1. The fourth-order valence-corrected chi connectivity index (χ4v) is 2.95. The summed E-state index contributed by atoms with van der Waals surface area (Å²) in [6.07, 6.45) is 0.0814. The number of aryl methyl sites for hydroxylation is 2. The zero-order valence-corrected chi connectivity index (χ0v) is 17.2. The van der Waals surface area contributed by atoms with Gasteiger partial charge in [-0.3, -0.25) is 14.3 Å². The molecule has 0 saturated heterocycles. The molecular formula is C20H27N3O5. The van der Waals surface area contributed by atoms with Crippen molar-refractivity contribution in [2.45, 2.75) is 33.2 Å². The summed E-state index contributed by atoms with van der Waals surface area (Å²) in [5.41, 5.74) is 3.27. The summed E-state index contributed by atoms with van der Waals surface area (Å²) in [6, 6.07) is 5.00. The van der Waals surface area contributed by atoms with E-state index in [0.29, 0.717) is 11.5 Å². The first-order valence-corrected chi connectivity index (χ1v) is 8.92. The minimum absolute atomic E-state index is 0.0814. The maximum absolute atomic E-state index is 12.2. The Labute approximate surface area is 164 Å². The lowest BCUT2D eigenvalue weighted by atomic mass is 10.1. The zero-order chi connectivity index (χ0) is 20.8. The number of ether oxygens (including phenoxy) is 3. The number of carbonyl (C=O) groups excluding carboxylic acids is 2. The Kier molecular flexibility index (Phi) is 7.03. The van der Waals surface area contributed by atoms with Crippen molar-refractivity contribution in [3.63, 3.8) is 0 Å². The van der Waals surface area contributed by atoms with Gasteiger partial charge in [-0.05, 0) is 39.0 Å². The van der Waals surface area contributed by atoms with Gasteiger partial charge in [0.1, 0.15) is 11.5 Å². The van der Waals surface area contributed by atoms with E-state index in [4.69, 9.17) is 14.2 Å². The lowest BCUT2D eigenvalue weighted by molar-refractivity contribution is -0.148. The van der Waals surface area contributed by atoms with Crippen LogP contribution in [0.4, 0.5) is 0 Å². The van der Waals surface area contributed by atoms with Crippen LogP contribution >= 0.6 is 0 Å². The maximum atomic E-state index is 12.2. The van der Waals surface area contributed by atoms with Gasteiger partial charge in [-0.25, -0.2) is 0 Å². The van der Waals surface area contributed by atoms with Crippen LogP contribution in [0.3, 0.4) is 0 Å². The van der Waals surface area contributed by atoms with E-state index < -0.39 is 11.9 Å². The molecule has 0 aliphatic carbocycles. The van der Waals surface area contributed by atoms with Crippen LogP contribution in [0.25, 0.3) is 0 Å². The Balaban J connectivity index is 1.92. The van der Waals surface area contributed by atoms with Crippen molar-refractivity contribution in [2.24, 2.45) is 7.05 Å². The minimum atomic E-state index is -0.471. The molecule has 1 heterocycles. The Bertz CT molecular complexity index is 860. The first-order chi connectivity index (χ1) is 13.3. The van der Waals surface area contributed by atoms with Gasteiger partial charge in [0, 0.05) is 23.9 Å². The monoisotopic (exact) mass is 389 g/mol. The average Bonchev–Trinajstić information content (AvgIpc) is 2.91.